The molecule has 1 N–H and O–H groups in total. The van der Waals surface area contributed by atoms with Gasteiger partial charge in [-0.05, 0) is 80.2 Å². The Morgan fingerprint density at radius 2 is 1.41 bits per heavy atom. The highest BCUT2D eigenvalue weighted by Crippen LogP contribution is 2.50. The number of benzene rings is 4. The van der Waals surface area contributed by atoms with E-state index in [-0.39, 0.29) is 22.3 Å². The highest BCUT2D eigenvalue weighted by atomic mass is 28.4. The zero-order valence-corrected chi connectivity index (χ0v) is 41.2. The van der Waals surface area contributed by atoms with Crippen LogP contribution in [0.5, 0.6) is 0 Å². The topological polar surface area (TPSA) is 162 Å². The Hall–Kier alpha value is -5.01. The molecule has 14 nitrogen and oxygen atoms in total. The summed E-state index contributed by atoms with van der Waals surface area (Å²) in [7, 11) is -4.34. The zero-order valence-electron chi connectivity index (χ0n) is 39.2. The summed E-state index contributed by atoms with van der Waals surface area (Å²) in [5.74, 6) is -1.49. The minimum absolute atomic E-state index is 0.0181. The molecule has 8 rings (SSSR count). The fourth-order valence-electron chi connectivity index (χ4n) is 8.77. The van der Waals surface area contributed by atoms with Gasteiger partial charge in [0, 0.05) is 32.8 Å². The number of anilines is 1. The number of hydrogen-bond donors (Lipinski definition) is 1. The molecule has 2 aromatic heterocycles. The van der Waals surface area contributed by atoms with Crippen LogP contribution in [-0.2, 0) is 42.2 Å². The quantitative estimate of drug-likeness (QED) is 0.0566. The molecule has 0 amide bonds. The van der Waals surface area contributed by atoms with Crippen molar-refractivity contribution in [1.29, 1.82) is 0 Å². The fraction of sp³-hybridized carbons (Fsp3) is 0.500. The van der Waals surface area contributed by atoms with Crippen molar-refractivity contribution in [2.24, 2.45) is 0 Å². The molecule has 16 heteroatoms. The number of ether oxygens (including phenoxy) is 4. The lowest BCUT2D eigenvalue weighted by Crippen LogP contribution is -2.50. The molecule has 7 atom stereocenters. The monoisotopic (exact) mass is 907 g/mol. The summed E-state index contributed by atoms with van der Waals surface area (Å²) in [6.07, 6.45) is -0.823. The maximum Gasteiger partial charge on any atom is 0.303 e. The number of nitrogens with zero attached hydrogens (tertiary/aromatic N) is 4. The molecule has 3 heterocycles. The van der Waals surface area contributed by atoms with Crippen molar-refractivity contribution >= 4 is 83.8 Å². The van der Waals surface area contributed by atoms with Gasteiger partial charge in [-0.1, -0.05) is 84.0 Å². The number of aromatic nitrogens is 4. The Morgan fingerprint density at radius 1 is 0.781 bits per heavy atom. The summed E-state index contributed by atoms with van der Waals surface area (Å²) in [6.45, 7) is 26.6. The number of hydrogen-bond acceptors (Lipinski definition) is 13. The van der Waals surface area contributed by atoms with Crippen LogP contribution in [-0.4, -0.2) is 85.1 Å². The van der Waals surface area contributed by atoms with Gasteiger partial charge >= 0.3 is 17.9 Å². The van der Waals surface area contributed by atoms with Gasteiger partial charge in [-0.25, -0.2) is 15.0 Å². The second-order valence-electron chi connectivity index (χ2n) is 20.4. The molecule has 0 radical (unpaired) electrons. The van der Waals surface area contributed by atoms with Gasteiger partial charge in [0.25, 0.3) is 0 Å². The van der Waals surface area contributed by atoms with Crippen LogP contribution in [0.3, 0.4) is 0 Å². The van der Waals surface area contributed by atoms with Crippen LogP contribution in [0.4, 0.5) is 5.82 Å². The molecule has 1 fully saturated rings. The van der Waals surface area contributed by atoms with Gasteiger partial charge < -0.3 is 33.1 Å². The van der Waals surface area contributed by atoms with Crippen LogP contribution in [0.2, 0.25) is 36.3 Å². The van der Waals surface area contributed by atoms with Crippen LogP contribution in [0, 0.1) is 0 Å². The second kappa shape index (κ2) is 16.5. The normalized spacial score (nSPS) is 23.2. The van der Waals surface area contributed by atoms with Gasteiger partial charge in [0.05, 0.1) is 25.1 Å². The predicted molar refractivity (Wildman–Crippen MR) is 251 cm³/mol. The van der Waals surface area contributed by atoms with E-state index >= 15 is 0 Å². The zero-order chi connectivity index (χ0) is 46.3. The highest BCUT2D eigenvalue weighted by molar-refractivity contribution is 6.74. The molecule has 340 valence electrons. The Labute approximate surface area is 376 Å². The van der Waals surface area contributed by atoms with Crippen molar-refractivity contribution in [2.75, 3.05) is 11.9 Å². The average molecular weight is 908 g/mol. The summed E-state index contributed by atoms with van der Waals surface area (Å²) in [5, 5.41) is 9.53. The van der Waals surface area contributed by atoms with Gasteiger partial charge in [-0.3, -0.25) is 19.0 Å². The van der Waals surface area contributed by atoms with E-state index in [0.717, 1.165) is 32.3 Å². The third-order valence-corrected chi connectivity index (χ3v) is 23.0. The van der Waals surface area contributed by atoms with E-state index in [0.29, 0.717) is 41.1 Å². The summed E-state index contributed by atoms with van der Waals surface area (Å²) in [6, 6.07) is 15.5. The Bertz CT molecular complexity index is 2740. The number of carbonyl (C=O) groups is 3. The number of imidazole rings is 1. The first-order valence-electron chi connectivity index (χ1n) is 22.1. The highest BCUT2D eigenvalue weighted by Gasteiger charge is 2.51. The number of carbonyl (C=O) groups excluding carboxylic acids is 3. The van der Waals surface area contributed by atoms with Crippen molar-refractivity contribution in [1.82, 2.24) is 19.5 Å². The fourth-order valence-corrected chi connectivity index (χ4v) is 11.1. The summed E-state index contributed by atoms with van der Waals surface area (Å²) in [4.78, 5) is 53.1. The smallest absolute Gasteiger partial charge is 0.303 e. The lowest BCUT2D eigenvalue weighted by atomic mass is 9.77. The molecule has 1 unspecified atom stereocenters. The second-order valence-corrected chi connectivity index (χ2v) is 30.0. The van der Waals surface area contributed by atoms with E-state index in [9.17, 15) is 14.4 Å². The SMILES string of the molecule is CC(=O)OC1[C@@H](OC(C)=O)[C@H](OC(C)=O)c2cc3ccc4cccc5ccc(c2[C@@H]1Nc1ncnc2c1ncn2[C@H]1C[C@H](O[Si](C)(C)C(C)(C)C)[C@@H](CO[Si](C)(C)C(C)(C)C)O1)c3c45. The third kappa shape index (κ3) is 8.27. The van der Waals surface area contributed by atoms with Gasteiger partial charge in [-0.15, -0.1) is 0 Å². The van der Waals surface area contributed by atoms with Crippen LogP contribution < -0.4 is 5.32 Å². The maximum absolute atomic E-state index is 13.1. The first kappa shape index (κ1) is 45.6. The molecule has 64 heavy (non-hydrogen) atoms. The number of rotatable bonds is 11. The molecular formula is C48H61N5O9Si2. The third-order valence-electron chi connectivity index (χ3n) is 14.0. The molecule has 0 saturated carbocycles. The Kier molecular flexibility index (Phi) is 11.7. The van der Waals surface area contributed by atoms with Crippen LogP contribution >= 0.6 is 0 Å². The largest absolute Gasteiger partial charge is 0.456 e. The molecule has 4 aromatic carbocycles. The Morgan fingerprint density at radius 3 is 2.05 bits per heavy atom. The van der Waals surface area contributed by atoms with Crippen molar-refractivity contribution in [3.05, 3.63) is 72.3 Å². The van der Waals surface area contributed by atoms with E-state index in [2.05, 4.69) is 97.3 Å². The van der Waals surface area contributed by atoms with E-state index in [4.69, 9.17) is 42.8 Å². The number of nitrogens with one attached hydrogen (secondary N) is 1. The van der Waals surface area contributed by atoms with Crippen LogP contribution in [0.15, 0.2) is 61.2 Å². The van der Waals surface area contributed by atoms with Crippen molar-refractivity contribution in [3.63, 3.8) is 0 Å². The van der Waals surface area contributed by atoms with Crippen molar-refractivity contribution < 1.29 is 42.2 Å². The predicted octanol–water partition coefficient (Wildman–Crippen LogP) is 10.1. The van der Waals surface area contributed by atoms with E-state index in [1.807, 2.05) is 28.8 Å². The number of esters is 3. The molecular weight excluding hydrogens is 847 g/mol. The standard InChI is InChI=1S/C48H61N5O9Si2/c1-26(54)58-42-33-21-31-18-17-29-15-14-16-30-19-20-32(38(31)37(29)30)39(33)40(43(59-27(2)55)44(42)60-28(3)56)52-45-41-46(50-24-49-45)53(25-51-41)36-22-34(62-64(12,13)48(7,8)9)35(61-36)23-57-63(10,11)47(4,5)6/h14-21,24-25,34-36,40,42-44H,22-23H2,1-13H3,(H,49,50,52)/t34-,35+,36+,40-,42+,43?,44-/m0/s1. The minimum Gasteiger partial charge on any atom is -0.456 e. The molecule has 2 aliphatic rings. The van der Waals surface area contributed by atoms with Crippen LogP contribution in [0.1, 0.15) is 98.2 Å². The molecule has 1 saturated heterocycles. The number of fused-ring (bicyclic) bond motifs is 3. The van der Waals surface area contributed by atoms with Crippen molar-refractivity contribution in [2.45, 2.75) is 148 Å². The van der Waals surface area contributed by atoms with Gasteiger partial charge in [-0.2, -0.15) is 0 Å². The summed E-state index contributed by atoms with van der Waals surface area (Å²) < 4.78 is 40.7. The van der Waals surface area contributed by atoms with Gasteiger partial charge in [0.15, 0.2) is 51.9 Å². The average Bonchev–Trinajstić information content (AvgIpc) is 3.81. The van der Waals surface area contributed by atoms with E-state index in [1.165, 1.54) is 27.1 Å². The van der Waals surface area contributed by atoms with Crippen LogP contribution in [0.25, 0.3) is 43.5 Å². The lowest BCUT2D eigenvalue weighted by Gasteiger charge is -2.43. The summed E-state index contributed by atoms with van der Waals surface area (Å²) >= 11 is 0. The lowest BCUT2D eigenvalue weighted by molar-refractivity contribution is -0.187. The van der Waals surface area contributed by atoms with Gasteiger partial charge in [0.1, 0.15) is 18.7 Å². The maximum atomic E-state index is 13.1. The molecule has 0 bridgehead atoms. The van der Waals surface area contributed by atoms with E-state index in [1.54, 1.807) is 6.33 Å². The first-order valence-corrected chi connectivity index (χ1v) is 27.9. The molecule has 6 aromatic rings. The molecule has 1 aliphatic heterocycles. The first-order chi connectivity index (χ1) is 30.0. The van der Waals surface area contributed by atoms with Gasteiger partial charge in [0.2, 0.25) is 0 Å². The molecule has 0 spiro atoms. The van der Waals surface area contributed by atoms with Crippen molar-refractivity contribution in [3.8, 4) is 0 Å². The summed E-state index contributed by atoms with van der Waals surface area (Å²) in [5.41, 5.74) is 2.26. The molecule has 1 aliphatic carbocycles. The van der Waals surface area contributed by atoms with E-state index < -0.39 is 65.1 Å². The Balaban J connectivity index is 1.24. The minimum atomic E-state index is -2.22.